The molecule has 0 atom stereocenters. The summed E-state index contributed by atoms with van der Waals surface area (Å²) in [7, 11) is 1.54. The number of rotatable bonds is 7. The molecule has 23 heavy (non-hydrogen) atoms. The fourth-order valence-corrected chi connectivity index (χ4v) is 2.86. The molecule has 2 aromatic rings. The zero-order valence-electron chi connectivity index (χ0n) is 12.3. The van der Waals surface area contributed by atoms with Gasteiger partial charge in [-0.1, -0.05) is 17.7 Å². The first-order valence-corrected chi connectivity index (χ1v) is 8.02. The van der Waals surface area contributed by atoms with Gasteiger partial charge >= 0.3 is 5.97 Å². The zero-order chi connectivity index (χ0) is 16.8. The number of aryl methyl sites for hydroxylation is 1. The van der Waals surface area contributed by atoms with Crippen molar-refractivity contribution in [3.05, 3.63) is 44.9 Å². The second-order valence-electron chi connectivity index (χ2n) is 4.68. The van der Waals surface area contributed by atoms with E-state index in [-0.39, 0.29) is 18.1 Å². The van der Waals surface area contributed by atoms with Crippen molar-refractivity contribution in [1.29, 1.82) is 0 Å². The number of aromatic nitrogens is 1. The average molecular weight is 355 g/mol. The molecule has 0 spiro atoms. The number of benzene rings is 1. The molecular weight excluding hydrogens is 340 g/mol. The van der Waals surface area contributed by atoms with E-state index in [1.54, 1.807) is 19.2 Å². The molecule has 2 N–H and O–H groups in total. The van der Waals surface area contributed by atoms with Crippen molar-refractivity contribution in [3.63, 3.8) is 0 Å². The van der Waals surface area contributed by atoms with Crippen LogP contribution in [0.4, 0.5) is 0 Å². The van der Waals surface area contributed by atoms with Crippen molar-refractivity contribution in [1.82, 2.24) is 10.3 Å². The van der Waals surface area contributed by atoms with Gasteiger partial charge in [0.05, 0.1) is 18.7 Å². The number of nitrogens with zero attached hydrogens (tertiary/aromatic N) is 1. The van der Waals surface area contributed by atoms with Gasteiger partial charge in [0, 0.05) is 11.8 Å². The van der Waals surface area contributed by atoms with Crippen LogP contribution in [-0.4, -0.2) is 29.1 Å². The second-order valence-corrected chi connectivity index (χ2v) is 6.03. The lowest BCUT2D eigenvalue weighted by Gasteiger charge is -2.06. The molecule has 0 aliphatic rings. The van der Waals surface area contributed by atoms with Gasteiger partial charge in [-0.05, 0) is 24.1 Å². The highest BCUT2D eigenvalue weighted by atomic mass is 35.5. The third-order valence-electron chi connectivity index (χ3n) is 3.06. The Morgan fingerprint density at radius 1 is 1.43 bits per heavy atom. The monoisotopic (exact) mass is 354 g/mol. The summed E-state index contributed by atoms with van der Waals surface area (Å²) in [4.78, 5) is 26.5. The van der Waals surface area contributed by atoms with E-state index < -0.39 is 5.97 Å². The minimum absolute atomic E-state index is 0.00729. The minimum Gasteiger partial charge on any atom is -0.495 e. The molecule has 0 aliphatic carbocycles. The highest BCUT2D eigenvalue weighted by Crippen LogP contribution is 2.25. The van der Waals surface area contributed by atoms with Crippen molar-refractivity contribution < 1.29 is 19.4 Å². The second kappa shape index (κ2) is 7.94. The van der Waals surface area contributed by atoms with Crippen LogP contribution in [-0.2, 0) is 17.8 Å². The number of methoxy groups -OCH3 is 1. The normalized spacial score (nSPS) is 10.3. The Labute approximate surface area is 142 Å². The number of halogens is 1. The number of hydrogen-bond acceptors (Lipinski definition) is 5. The van der Waals surface area contributed by atoms with Crippen molar-refractivity contribution in [2.75, 3.05) is 7.11 Å². The zero-order valence-corrected chi connectivity index (χ0v) is 13.9. The van der Waals surface area contributed by atoms with E-state index >= 15 is 0 Å². The number of carboxylic acids is 1. The van der Waals surface area contributed by atoms with Gasteiger partial charge in [-0.15, -0.1) is 11.3 Å². The van der Waals surface area contributed by atoms with Gasteiger partial charge in [-0.3, -0.25) is 4.79 Å². The third kappa shape index (κ3) is 4.94. The molecule has 0 fully saturated rings. The maximum absolute atomic E-state index is 11.8. The molecular formula is C15H15ClN2O4S. The lowest BCUT2D eigenvalue weighted by Crippen LogP contribution is -2.23. The Kier molecular flexibility index (Phi) is 5.95. The first kappa shape index (κ1) is 17.2. The molecule has 8 heteroatoms. The van der Waals surface area contributed by atoms with Gasteiger partial charge in [0.2, 0.25) is 5.91 Å². The standard InChI is InChI=1S/C15H15ClN2O4S/c1-22-12-4-2-9(6-10(12)16)3-5-13(19)17-7-14-18-11(8-23-14)15(20)21/h2,4,6,8H,3,5,7H2,1H3,(H,17,19)(H,20,21). The number of carbonyl (C=O) groups excluding carboxylic acids is 1. The largest absolute Gasteiger partial charge is 0.495 e. The SMILES string of the molecule is COc1ccc(CCC(=O)NCc2nc(C(=O)O)cs2)cc1Cl. The van der Waals surface area contributed by atoms with E-state index in [1.165, 1.54) is 16.7 Å². The molecule has 0 saturated heterocycles. The van der Waals surface area contributed by atoms with E-state index in [0.29, 0.717) is 28.6 Å². The topological polar surface area (TPSA) is 88.5 Å². The summed E-state index contributed by atoms with van der Waals surface area (Å²) >= 11 is 7.24. The quantitative estimate of drug-likeness (QED) is 0.798. The molecule has 122 valence electrons. The summed E-state index contributed by atoms with van der Waals surface area (Å²) in [5.74, 6) is -0.614. The molecule has 0 bridgehead atoms. The Balaban J connectivity index is 1.80. The van der Waals surface area contributed by atoms with Crippen LogP contribution in [0.15, 0.2) is 23.6 Å². The fourth-order valence-electron chi connectivity index (χ4n) is 1.88. The van der Waals surface area contributed by atoms with Crippen LogP contribution in [0.5, 0.6) is 5.75 Å². The van der Waals surface area contributed by atoms with Gasteiger partial charge in [-0.25, -0.2) is 9.78 Å². The Hall–Kier alpha value is -2.12. The Morgan fingerprint density at radius 2 is 2.22 bits per heavy atom. The van der Waals surface area contributed by atoms with Gasteiger partial charge in [0.25, 0.3) is 0 Å². The molecule has 6 nitrogen and oxygen atoms in total. The summed E-state index contributed by atoms with van der Waals surface area (Å²) in [6.07, 6.45) is 0.855. The molecule has 1 heterocycles. The van der Waals surface area contributed by atoms with Crippen LogP contribution >= 0.6 is 22.9 Å². The van der Waals surface area contributed by atoms with Crippen LogP contribution in [0.3, 0.4) is 0 Å². The van der Waals surface area contributed by atoms with Crippen molar-refractivity contribution >= 4 is 34.8 Å². The predicted octanol–water partition coefficient (Wildman–Crippen LogP) is 2.75. The van der Waals surface area contributed by atoms with Gasteiger partial charge < -0.3 is 15.2 Å². The first-order chi connectivity index (χ1) is 11.0. The highest BCUT2D eigenvalue weighted by molar-refractivity contribution is 7.09. The van der Waals surface area contributed by atoms with Crippen LogP contribution in [0, 0.1) is 0 Å². The van der Waals surface area contributed by atoms with Gasteiger partial charge in [-0.2, -0.15) is 0 Å². The molecule has 0 radical (unpaired) electrons. The van der Waals surface area contributed by atoms with Crippen molar-refractivity contribution in [3.8, 4) is 5.75 Å². The maximum Gasteiger partial charge on any atom is 0.355 e. The summed E-state index contributed by atoms with van der Waals surface area (Å²) < 4.78 is 5.07. The smallest absolute Gasteiger partial charge is 0.355 e. The number of hydrogen-bond donors (Lipinski definition) is 2. The Bertz CT molecular complexity index is 717. The number of carboxylic acid groups (broad SMARTS) is 1. The lowest BCUT2D eigenvalue weighted by atomic mass is 10.1. The highest BCUT2D eigenvalue weighted by Gasteiger charge is 2.10. The summed E-state index contributed by atoms with van der Waals surface area (Å²) in [6.45, 7) is 0.222. The Morgan fingerprint density at radius 3 is 2.83 bits per heavy atom. The third-order valence-corrected chi connectivity index (χ3v) is 4.21. The van der Waals surface area contributed by atoms with E-state index in [4.69, 9.17) is 21.4 Å². The first-order valence-electron chi connectivity index (χ1n) is 6.76. The molecule has 1 amide bonds. The van der Waals surface area contributed by atoms with Crippen LogP contribution in [0.25, 0.3) is 0 Å². The van der Waals surface area contributed by atoms with E-state index in [9.17, 15) is 9.59 Å². The van der Waals surface area contributed by atoms with E-state index in [2.05, 4.69) is 10.3 Å². The molecule has 1 aromatic heterocycles. The predicted molar refractivity (Wildman–Crippen MR) is 87.2 cm³/mol. The number of carbonyl (C=O) groups is 2. The fraction of sp³-hybridized carbons (Fsp3) is 0.267. The number of aromatic carboxylic acids is 1. The van der Waals surface area contributed by atoms with E-state index in [0.717, 1.165) is 5.56 Å². The van der Waals surface area contributed by atoms with Crippen molar-refractivity contribution in [2.24, 2.45) is 0 Å². The molecule has 0 saturated carbocycles. The number of amides is 1. The minimum atomic E-state index is -1.07. The van der Waals surface area contributed by atoms with Crippen molar-refractivity contribution in [2.45, 2.75) is 19.4 Å². The molecule has 2 rings (SSSR count). The van der Waals surface area contributed by atoms with Crippen LogP contribution in [0.2, 0.25) is 5.02 Å². The number of thiazole rings is 1. The number of nitrogens with one attached hydrogen (secondary N) is 1. The molecule has 0 unspecified atom stereocenters. The molecule has 1 aromatic carbocycles. The summed E-state index contributed by atoms with van der Waals surface area (Å²) in [5, 5.41) is 14.0. The van der Waals surface area contributed by atoms with Crippen LogP contribution < -0.4 is 10.1 Å². The van der Waals surface area contributed by atoms with E-state index in [1.807, 2.05) is 6.07 Å². The van der Waals surface area contributed by atoms with Crippen LogP contribution in [0.1, 0.15) is 27.5 Å². The maximum atomic E-state index is 11.8. The average Bonchev–Trinajstić information content (AvgIpc) is 3.00. The lowest BCUT2D eigenvalue weighted by molar-refractivity contribution is -0.121. The summed E-state index contributed by atoms with van der Waals surface area (Å²) in [6, 6.07) is 5.39. The number of ether oxygens (including phenoxy) is 1. The van der Waals surface area contributed by atoms with Gasteiger partial charge in [0.15, 0.2) is 5.69 Å². The summed E-state index contributed by atoms with van der Waals surface area (Å²) in [5.41, 5.74) is 0.931. The molecule has 0 aliphatic heterocycles. The van der Waals surface area contributed by atoms with Gasteiger partial charge in [0.1, 0.15) is 10.8 Å².